The van der Waals surface area contributed by atoms with E-state index in [1.54, 1.807) is 12.4 Å². The molecule has 584 valence electrons. The number of piperidine rings is 5. The van der Waals surface area contributed by atoms with Gasteiger partial charge in [0.1, 0.15) is 0 Å². The van der Waals surface area contributed by atoms with Crippen molar-refractivity contribution in [3.05, 3.63) is 310 Å². The van der Waals surface area contributed by atoms with Crippen molar-refractivity contribution in [1.82, 2.24) is 49.8 Å². The first-order valence-electron chi connectivity index (χ1n) is 40.5. The van der Waals surface area contributed by atoms with E-state index in [1.165, 1.54) is 168 Å². The number of rotatable bonds is 15. The number of anilines is 5. The van der Waals surface area contributed by atoms with Gasteiger partial charge in [-0.25, -0.2) is 49.8 Å². The zero-order valence-corrected chi connectivity index (χ0v) is 74.5. The van der Waals surface area contributed by atoms with Crippen LogP contribution in [0.15, 0.2) is 248 Å². The molecule has 16 rings (SSSR count). The first-order valence-corrected chi connectivity index (χ1v) is 49.1. The van der Waals surface area contributed by atoms with E-state index in [0.29, 0.717) is 28.5 Å². The number of benzene rings is 6. The molecule has 0 saturated carbocycles. The topological polar surface area (TPSA) is 145 Å². The van der Waals surface area contributed by atoms with E-state index in [0.717, 1.165) is 99.7 Å². The summed E-state index contributed by atoms with van der Waals surface area (Å²) in [5.41, 5.74) is 12.6. The molecule has 0 amide bonds. The Hall–Kier alpha value is -8.35. The van der Waals surface area contributed by atoms with E-state index in [1.807, 2.05) is 117 Å². The summed E-state index contributed by atoms with van der Waals surface area (Å²) in [5, 5.41) is 0. The van der Waals surface area contributed by atoms with Crippen molar-refractivity contribution in [2.24, 2.45) is 0 Å². The maximum absolute atomic E-state index is 4.56. The molecule has 19 heteroatoms. The first-order chi connectivity index (χ1) is 55.0. The molecule has 112 heavy (non-hydrogen) atoms. The van der Waals surface area contributed by atoms with E-state index in [2.05, 4.69) is 282 Å². The molecule has 3 unspecified atom stereocenters. The fourth-order valence-corrected chi connectivity index (χ4v) is 14.4. The van der Waals surface area contributed by atoms with Crippen molar-refractivity contribution in [2.75, 3.05) is 89.9 Å². The molecule has 0 bridgehead atoms. The summed E-state index contributed by atoms with van der Waals surface area (Å²) < 4.78 is 0.938. The maximum atomic E-state index is 4.56. The monoisotopic (exact) mass is 1740 g/mol. The van der Waals surface area contributed by atoms with E-state index in [9.17, 15) is 0 Å². The van der Waals surface area contributed by atoms with Crippen molar-refractivity contribution in [2.45, 2.75) is 166 Å². The normalized spacial score (nSPS) is 15.9. The van der Waals surface area contributed by atoms with Crippen LogP contribution >= 0.6 is 45.5 Å². The summed E-state index contributed by atoms with van der Waals surface area (Å²) in [4.78, 5) is 56.9. The Morgan fingerprint density at radius 1 is 0.259 bits per heavy atom. The molecule has 10 heterocycles. The van der Waals surface area contributed by atoms with Crippen LogP contribution in [0.4, 0.5) is 29.7 Å². The van der Waals surface area contributed by atoms with E-state index in [4.69, 9.17) is 0 Å². The summed E-state index contributed by atoms with van der Waals surface area (Å²) in [5.74, 6) is 5.75. The third kappa shape index (κ3) is 29.2. The van der Waals surface area contributed by atoms with Crippen LogP contribution in [0, 0.1) is 6.42 Å². The van der Waals surface area contributed by atoms with Crippen LogP contribution in [0.1, 0.15) is 222 Å². The molecule has 0 spiro atoms. The molecular weight excluding hydrogens is 1630 g/mol. The van der Waals surface area contributed by atoms with Gasteiger partial charge >= 0.3 is 30.0 Å². The van der Waals surface area contributed by atoms with Crippen molar-refractivity contribution in [3.8, 4) is 0 Å². The van der Waals surface area contributed by atoms with Gasteiger partial charge in [0, 0.05) is 156 Å². The summed E-state index contributed by atoms with van der Waals surface area (Å²) in [6, 6.07) is 62.7. The predicted molar refractivity (Wildman–Crippen MR) is 472 cm³/mol. The van der Waals surface area contributed by atoms with Gasteiger partial charge in [0.15, 0.2) is 0 Å². The van der Waals surface area contributed by atoms with E-state index < -0.39 is 0 Å². The second-order valence-electron chi connectivity index (χ2n) is 29.0. The van der Waals surface area contributed by atoms with Gasteiger partial charge in [-0.2, -0.15) is 24.1 Å². The van der Waals surface area contributed by atoms with Gasteiger partial charge in [0.2, 0.25) is 29.7 Å². The molecule has 5 atom stereocenters. The van der Waals surface area contributed by atoms with Crippen LogP contribution in [0.5, 0.6) is 0 Å². The van der Waals surface area contributed by atoms with E-state index in [-0.39, 0.29) is 0 Å². The third-order valence-electron chi connectivity index (χ3n) is 21.0. The van der Waals surface area contributed by atoms with Crippen molar-refractivity contribution in [3.63, 3.8) is 0 Å². The summed E-state index contributed by atoms with van der Waals surface area (Å²) >= 11 is 11.1. The Bertz CT molecular complexity index is 3810. The van der Waals surface area contributed by atoms with Gasteiger partial charge in [-0.15, -0.1) is 12.1 Å². The third-order valence-corrected chi connectivity index (χ3v) is 22.0. The quantitative estimate of drug-likeness (QED) is 0.0545. The minimum atomic E-state index is 0.339. The molecule has 5 aromatic heterocycles. The zero-order valence-electron chi connectivity index (χ0n) is 66.8. The van der Waals surface area contributed by atoms with Gasteiger partial charge < -0.3 is 24.5 Å². The minimum absolute atomic E-state index is 0.339. The molecule has 5 aliphatic rings. The van der Waals surface area contributed by atoms with Crippen molar-refractivity contribution >= 4 is 75.2 Å². The number of hydrogen-bond donors (Lipinski definition) is 0. The van der Waals surface area contributed by atoms with Crippen molar-refractivity contribution in [1.29, 1.82) is 0 Å². The van der Waals surface area contributed by atoms with Crippen LogP contribution in [0.2, 0.25) is 0 Å². The molecule has 11 aromatic rings. The van der Waals surface area contributed by atoms with Gasteiger partial charge in [-0.3, -0.25) is 0 Å². The number of halogens is 3. The van der Waals surface area contributed by atoms with Crippen LogP contribution in [0.25, 0.3) is 0 Å². The molecule has 5 aliphatic heterocycles. The van der Waals surface area contributed by atoms with Crippen LogP contribution in [0.3, 0.4) is 0 Å². The molecule has 5 saturated heterocycles. The standard InChI is InChI=1S/4C17H21N3.C9H12BrN3.C8H9Br.C8H9.BrH.Zn/c4*1-14(15-8-4-2-5-9-15)16-12-18-17(19-13-16)20-10-6-3-7-11-20;10-8-6-11-9(12-7-8)13-4-2-1-3-5-13;1-7(9)8-5-3-2-4-6-8;1-2-8-6-4-3-5-7-8;;/h4*2,4-5,8-9,12-14H,3,6-7,10-11H2,1H3;6-7H,1-5H2;2-7H,1H3;2-7H,1H3;1H;/q;;;;;;-1;;+2/p-1/t2*14-;;;;;;;/m10......./s1. The average molecular weight is 1750 g/mol. The molecule has 0 radical (unpaired) electrons. The summed E-state index contributed by atoms with van der Waals surface area (Å²) in [7, 11) is 0. The van der Waals surface area contributed by atoms with Crippen LogP contribution in [-0.2, 0) is 16.3 Å². The Morgan fingerprint density at radius 2 is 0.438 bits per heavy atom. The van der Waals surface area contributed by atoms with Gasteiger partial charge in [0.05, 0.1) is 4.47 Å². The summed E-state index contributed by atoms with van der Waals surface area (Å²) in [6.07, 6.45) is 40.8. The predicted octanol–water partition coefficient (Wildman–Crippen LogP) is 22.9. The molecule has 0 aliphatic carbocycles. The average Bonchev–Trinajstić information content (AvgIpc) is 0.936. The Labute approximate surface area is 702 Å². The molecular formula is C93H114Br3N15Zn. The van der Waals surface area contributed by atoms with Gasteiger partial charge in [-0.05, 0) is 169 Å². The number of aromatic nitrogens is 10. The Kier molecular flexibility index (Phi) is 39.1. The number of hydrogen-bond acceptors (Lipinski definition) is 15. The van der Waals surface area contributed by atoms with E-state index >= 15 is 0 Å². The Morgan fingerprint density at radius 3 is 0.607 bits per heavy atom. The van der Waals surface area contributed by atoms with Crippen LogP contribution in [-0.4, -0.2) is 115 Å². The SMILES string of the molecule is Brc1cnc(N2CCCCC2)nc1.CC(Br)c1ccccc1.CC(c1ccccc1)c1cnc(N2CCCCC2)nc1.CC(c1ccccc1)c1cnc(N2CCCCC2)nc1.C[C@@H](c1ccccc1)c1cnc(N2CCCCC2)nc1.C[C@H](c1ccccc1)c1cnc(N2CCCCC2)nc1.C[CH-]c1ccccc1.[Zn+][Br]. The number of alkyl halides is 1. The van der Waals surface area contributed by atoms with Crippen LogP contribution < -0.4 is 24.5 Å². The summed E-state index contributed by atoms with van der Waals surface area (Å²) in [6.45, 7) is 23.9. The fraction of sp³-hybridized carbons (Fsp3) is 0.387. The number of nitrogens with zero attached hydrogens (tertiary/aromatic N) is 15. The van der Waals surface area contributed by atoms with Gasteiger partial charge in [-0.1, -0.05) is 208 Å². The Balaban J connectivity index is 0.000000153. The fourth-order valence-electron chi connectivity index (χ4n) is 13.9. The second kappa shape index (κ2) is 50.0. The molecule has 6 aromatic carbocycles. The first kappa shape index (κ1) is 87.6. The molecule has 0 N–H and O–H groups in total. The molecule has 5 fully saturated rings. The second-order valence-corrected chi connectivity index (χ2v) is 31.3. The van der Waals surface area contributed by atoms with Gasteiger partial charge in [0.25, 0.3) is 0 Å². The zero-order chi connectivity index (χ0) is 78.8. The molecule has 15 nitrogen and oxygen atoms in total. The van der Waals surface area contributed by atoms with Crippen molar-refractivity contribution < 1.29 is 16.3 Å².